The number of halogens is 9. The molecule has 2 bridgehead atoms. The molecule has 0 radical (unpaired) electrons. The number of hydrogen-bond acceptors (Lipinski definition) is 1. The summed E-state index contributed by atoms with van der Waals surface area (Å²) in [5.41, 5.74) is 3.89. The van der Waals surface area contributed by atoms with E-state index in [2.05, 4.69) is 0 Å². The van der Waals surface area contributed by atoms with Crippen LogP contribution in [0.1, 0.15) is 0 Å². The van der Waals surface area contributed by atoms with Crippen molar-refractivity contribution in [3.8, 4) is 0 Å². The molecule has 1 amide bonds. The minimum absolute atomic E-state index is 0.851. The van der Waals surface area contributed by atoms with Gasteiger partial charge < -0.3 is 5.73 Å². The second-order valence-corrected chi connectivity index (χ2v) is 11.6. The molecule has 0 aromatic rings. The molecule has 0 aromatic carbocycles. The van der Waals surface area contributed by atoms with Gasteiger partial charge in [-0.3, -0.25) is 4.79 Å². The summed E-state index contributed by atoms with van der Waals surface area (Å²) in [6, 6.07) is 0. The molecule has 0 saturated heterocycles. The van der Waals surface area contributed by atoms with E-state index >= 15 is 0 Å². The maximum atomic E-state index is 12.2. The van der Waals surface area contributed by atoms with Crippen molar-refractivity contribution in [2.45, 2.75) is 38.5 Å². The van der Waals surface area contributed by atoms with E-state index in [1.54, 1.807) is 0 Å². The Morgan fingerprint density at radius 2 is 0.857 bits per heavy atom. The van der Waals surface area contributed by atoms with Crippen LogP contribution in [0.5, 0.6) is 0 Å². The zero-order valence-electron chi connectivity index (χ0n) is 9.39. The van der Waals surface area contributed by atoms with Crippen LogP contribution in [0.15, 0.2) is 0 Å². The highest BCUT2D eigenvalue weighted by Crippen LogP contribution is 3.18. The summed E-state index contributed by atoms with van der Waals surface area (Å²) < 4.78 is -1.90. The van der Waals surface area contributed by atoms with Crippen LogP contribution in [0.3, 0.4) is 0 Å². The molecule has 21 heavy (non-hydrogen) atoms. The third-order valence-corrected chi connectivity index (χ3v) is 14.8. The molecule has 0 aromatic heterocycles. The molecule has 8 atom stereocenters. The maximum absolute atomic E-state index is 12.2. The molecular formula is C10H2Cl9NO. The summed E-state index contributed by atoms with van der Waals surface area (Å²) in [5.74, 6) is -0.851. The Morgan fingerprint density at radius 3 is 1.19 bits per heavy atom. The van der Waals surface area contributed by atoms with Gasteiger partial charge >= 0.3 is 0 Å². The van der Waals surface area contributed by atoms with Gasteiger partial charge in [-0.25, -0.2) is 0 Å². The summed E-state index contributed by atoms with van der Waals surface area (Å²) in [7, 11) is 0. The fraction of sp³-hybridized carbons (Fsp3) is 0.900. The van der Waals surface area contributed by atoms with Crippen molar-refractivity contribution in [2.24, 2.45) is 11.1 Å². The second-order valence-electron chi connectivity index (χ2n) is 6.30. The Kier molecular flexibility index (Phi) is 2.05. The third-order valence-electron chi connectivity index (χ3n) is 6.58. The molecular weight excluding hydrogens is 469 g/mol. The van der Waals surface area contributed by atoms with Gasteiger partial charge in [0.25, 0.3) is 0 Å². The van der Waals surface area contributed by atoms with E-state index < -0.39 is 49.8 Å². The predicted octanol–water partition coefficient (Wildman–Crippen LogP) is 3.54. The number of alkyl halides is 9. The monoisotopic (exact) mass is 467 g/mol. The Labute approximate surface area is 163 Å². The average molecular weight is 471 g/mol. The van der Waals surface area contributed by atoms with Crippen molar-refractivity contribution in [3.63, 3.8) is 0 Å². The molecule has 6 saturated carbocycles. The lowest BCUT2D eigenvalue weighted by atomic mass is 9.10. The lowest BCUT2D eigenvalue weighted by Crippen LogP contribution is -3.26. The molecule has 2 N–H and O–H groups in total. The predicted molar refractivity (Wildman–Crippen MR) is 86.2 cm³/mol. The highest BCUT2D eigenvalue weighted by atomic mass is 35.5. The van der Waals surface area contributed by atoms with E-state index in [1.165, 1.54) is 0 Å². The van der Waals surface area contributed by atoms with Crippen LogP contribution in [0.2, 0.25) is 0 Å². The van der Waals surface area contributed by atoms with E-state index in [0.29, 0.717) is 0 Å². The Bertz CT molecular complexity index is 691. The molecule has 6 aliphatic carbocycles. The number of rotatable bonds is 1. The molecule has 6 fully saturated rings. The van der Waals surface area contributed by atoms with Gasteiger partial charge in [-0.05, 0) is 0 Å². The minimum atomic E-state index is -1.90. The quantitative estimate of drug-likeness (QED) is 0.585. The van der Waals surface area contributed by atoms with Crippen LogP contribution in [-0.2, 0) is 4.79 Å². The van der Waals surface area contributed by atoms with Crippen molar-refractivity contribution < 1.29 is 4.79 Å². The van der Waals surface area contributed by atoms with Gasteiger partial charge in [0.2, 0.25) is 5.91 Å². The SMILES string of the molecule is NC(=O)C12C3(Cl)[C@@]4(Cl)C5(Cl)C(Cl)(Cl)C(Cl)([C@@]14Cl)[C@@]2(Cl)[C@@]53Cl. The average Bonchev–Trinajstić information content (AvgIpc) is 2.44. The first kappa shape index (κ1) is 15.3. The zero-order valence-corrected chi connectivity index (χ0v) is 16.2. The van der Waals surface area contributed by atoms with E-state index in [4.69, 9.17) is 110 Å². The van der Waals surface area contributed by atoms with E-state index in [1.807, 2.05) is 0 Å². The molecule has 11 heteroatoms. The van der Waals surface area contributed by atoms with Crippen molar-refractivity contribution in [2.75, 3.05) is 0 Å². The first-order valence-corrected chi connectivity index (χ1v) is 9.10. The summed E-state index contributed by atoms with van der Waals surface area (Å²) >= 11 is 59.2. The van der Waals surface area contributed by atoms with Crippen LogP contribution in [-0.4, -0.2) is 44.4 Å². The smallest absolute Gasteiger partial charge is 0.229 e. The Morgan fingerprint density at radius 1 is 0.571 bits per heavy atom. The largest absolute Gasteiger partial charge is 0.369 e. The highest BCUT2D eigenvalue weighted by Gasteiger charge is 3.37. The van der Waals surface area contributed by atoms with Crippen LogP contribution in [0.25, 0.3) is 0 Å². The van der Waals surface area contributed by atoms with Gasteiger partial charge in [-0.2, -0.15) is 0 Å². The second kappa shape index (κ2) is 2.81. The molecule has 116 valence electrons. The maximum Gasteiger partial charge on any atom is 0.229 e. The normalized spacial score (nSPS) is 80.0. The summed E-state index contributed by atoms with van der Waals surface area (Å²) in [4.78, 5) is 0.536. The fourth-order valence-electron chi connectivity index (χ4n) is 6.24. The molecule has 6 aliphatic rings. The van der Waals surface area contributed by atoms with E-state index in [9.17, 15) is 4.79 Å². The van der Waals surface area contributed by atoms with Crippen LogP contribution >= 0.6 is 104 Å². The van der Waals surface area contributed by atoms with Crippen LogP contribution < -0.4 is 5.73 Å². The lowest BCUT2D eigenvalue weighted by molar-refractivity contribution is -0.323. The molecule has 0 aliphatic heterocycles. The van der Waals surface area contributed by atoms with Gasteiger partial charge in [0.15, 0.2) is 4.33 Å². The van der Waals surface area contributed by atoms with Crippen molar-refractivity contribution in [1.82, 2.24) is 0 Å². The number of primary amides is 1. The first-order chi connectivity index (χ1) is 9.19. The zero-order chi connectivity index (χ0) is 16.1. The minimum Gasteiger partial charge on any atom is -0.369 e. The molecule has 0 spiro atoms. The Hall–Kier alpha value is 2.08. The van der Waals surface area contributed by atoms with Crippen LogP contribution in [0.4, 0.5) is 0 Å². The lowest BCUT2D eigenvalue weighted by Gasteiger charge is -3.04. The van der Waals surface area contributed by atoms with E-state index in [0.717, 1.165) is 0 Å². The number of nitrogens with two attached hydrogens (primary N) is 1. The van der Waals surface area contributed by atoms with Gasteiger partial charge in [0, 0.05) is 0 Å². The van der Waals surface area contributed by atoms with Gasteiger partial charge in [0.05, 0.1) is 0 Å². The summed E-state index contributed by atoms with van der Waals surface area (Å²) in [5, 5.41) is 0. The van der Waals surface area contributed by atoms with Crippen molar-refractivity contribution >= 4 is 110 Å². The number of carbonyl (C=O) groups is 1. The number of hydrogen-bond donors (Lipinski definition) is 1. The topological polar surface area (TPSA) is 43.1 Å². The molecule has 0 heterocycles. The van der Waals surface area contributed by atoms with Crippen molar-refractivity contribution in [1.29, 1.82) is 0 Å². The molecule has 6 rings (SSSR count). The third kappa shape index (κ3) is 0.569. The van der Waals surface area contributed by atoms with E-state index in [-0.39, 0.29) is 0 Å². The Balaban J connectivity index is 2.01. The highest BCUT2D eigenvalue weighted by molar-refractivity contribution is 6.79. The van der Waals surface area contributed by atoms with Gasteiger partial charge in [-0.15, -0.1) is 81.2 Å². The van der Waals surface area contributed by atoms with Crippen LogP contribution in [0, 0.1) is 5.41 Å². The van der Waals surface area contributed by atoms with Gasteiger partial charge in [-0.1, -0.05) is 23.2 Å². The number of carbonyl (C=O) groups excluding carboxylic acids is 1. The first-order valence-electron chi connectivity index (χ1n) is 5.69. The van der Waals surface area contributed by atoms with Crippen molar-refractivity contribution in [3.05, 3.63) is 0 Å². The molecule has 4 unspecified atom stereocenters. The fourth-order valence-corrected chi connectivity index (χ4v) is 14.4. The van der Waals surface area contributed by atoms with Gasteiger partial charge in [0.1, 0.15) is 39.5 Å². The summed E-state index contributed by atoms with van der Waals surface area (Å²) in [6.07, 6.45) is 0. The molecule has 2 nitrogen and oxygen atoms in total. The standard InChI is InChI=1S/C10H2Cl9NO/c11-3-2(1(20)21)4(12)6(3,14)9(17)7(3,15)5(2,13)8(4,16)10(9,18)19/h(H2,20,21)/t2?,3?,4-,5+,6+,7-,8?,9?. The summed E-state index contributed by atoms with van der Waals surface area (Å²) in [6.45, 7) is 0. The number of amides is 1.